The monoisotopic (exact) mass is 300 g/mol. The number of ether oxygens (including phenoxy) is 1. The molecule has 2 aliphatic carbocycles. The lowest BCUT2D eigenvalue weighted by molar-refractivity contribution is 0.386. The molecule has 2 saturated carbocycles. The zero-order valence-electron chi connectivity index (χ0n) is 12.1. The van der Waals surface area contributed by atoms with Crippen LogP contribution in [0.15, 0.2) is 21.9 Å². The van der Waals surface area contributed by atoms with Crippen molar-refractivity contribution in [2.45, 2.75) is 25.2 Å². The van der Waals surface area contributed by atoms with Crippen molar-refractivity contribution in [3.8, 4) is 17.1 Å². The summed E-state index contributed by atoms with van der Waals surface area (Å²) in [6, 6.07) is 1.86. The average Bonchev–Trinajstić information content (AvgIpc) is 3.38. The molecule has 2 aromatic rings. The molecule has 7 heteroatoms. The maximum atomic E-state index is 11.9. The summed E-state index contributed by atoms with van der Waals surface area (Å²) in [7, 11) is 1.58. The van der Waals surface area contributed by atoms with Crippen molar-refractivity contribution in [3.05, 3.63) is 38.7 Å². The van der Waals surface area contributed by atoms with Crippen molar-refractivity contribution in [2.24, 2.45) is 11.8 Å². The highest BCUT2D eigenvalue weighted by atomic mass is 16.5. The van der Waals surface area contributed by atoms with Gasteiger partial charge in [0, 0.05) is 11.8 Å². The topological polar surface area (TPSA) is 101 Å². The van der Waals surface area contributed by atoms with E-state index in [2.05, 4.69) is 20.2 Å². The minimum Gasteiger partial charge on any atom is -0.480 e. The van der Waals surface area contributed by atoms with Gasteiger partial charge in [0.2, 0.25) is 5.88 Å². The lowest BCUT2D eigenvalue weighted by atomic mass is 10.1. The van der Waals surface area contributed by atoms with Gasteiger partial charge in [-0.05, 0) is 43.1 Å². The van der Waals surface area contributed by atoms with E-state index in [1.165, 1.54) is 19.0 Å². The van der Waals surface area contributed by atoms with Crippen LogP contribution in [0.25, 0.3) is 11.3 Å². The van der Waals surface area contributed by atoms with Crippen molar-refractivity contribution in [1.82, 2.24) is 20.2 Å². The summed E-state index contributed by atoms with van der Waals surface area (Å²) in [5.74, 6) is 2.51. The van der Waals surface area contributed by atoms with Crippen LogP contribution >= 0.6 is 0 Å². The molecule has 22 heavy (non-hydrogen) atoms. The van der Waals surface area contributed by atoms with Crippen LogP contribution in [0, 0.1) is 11.8 Å². The quantitative estimate of drug-likeness (QED) is 0.878. The fraction of sp³-hybridized carbons (Fsp3) is 0.467. The molecule has 0 spiro atoms. The van der Waals surface area contributed by atoms with Crippen LogP contribution in [0.2, 0.25) is 0 Å². The second-order valence-corrected chi connectivity index (χ2v) is 6.02. The van der Waals surface area contributed by atoms with Crippen LogP contribution in [0.1, 0.15) is 30.7 Å². The number of nitrogens with one attached hydrogen (secondary N) is 2. The molecule has 0 radical (unpaired) electrons. The van der Waals surface area contributed by atoms with Gasteiger partial charge in [-0.15, -0.1) is 10.2 Å². The van der Waals surface area contributed by atoms with E-state index in [1.807, 2.05) is 6.07 Å². The zero-order valence-corrected chi connectivity index (χ0v) is 12.1. The van der Waals surface area contributed by atoms with Crippen LogP contribution in [0.4, 0.5) is 0 Å². The van der Waals surface area contributed by atoms with Crippen molar-refractivity contribution >= 4 is 0 Å². The SMILES string of the molecule is COc1nnc(-c2c[nH]c(=O)[nH]c2=O)cc1[C@H]1C[C@@H]1C1CC1. The number of H-pyrrole nitrogens is 2. The van der Waals surface area contributed by atoms with Crippen molar-refractivity contribution in [1.29, 1.82) is 0 Å². The first-order chi connectivity index (χ1) is 10.7. The number of aromatic nitrogens is 4. The van der Waals surface area contributed by atoms with Crippen LogP contribution in [-0.2, 0) is 0 Å². The van der Waals surface area contributed by atoms with E-state index < -0.39 is 11.2 Å². The van der Waals surface area contributed by atoms with E-state index in [4.69, 9.17) is 4.74 Å². The summed E-state index contributed by atoms with van der Waals surface area (Å²) >= 11 is 0. The number of nitrogens with zero attached hydrogens (tertiary/aromatic N) is 2. The minimum atomic E-state index is -0.536. The molecule has 2 atom stereocenters. The van der Waals surface area contributed by atoms with Crippen molar-refractivity contribution in [2.75, 3.05) is 7.11 Å². The maximum absolute atomic E-state index is 11.9. The van der Waals surface area contributed by atoms with Gasteiger partial charge >= 0.3 is 5.69 Å². The van der Waals surface area contributed by atoms with E-state index in [1.54, 1.807) is 7.11 Å². The molecule has 2 aromatic heterocycles. The van der Waals surface area contributed by atoms with E-state index in [0.29, 0.717) is 29.0 Å². The summed E-state index contributed by atoms with van der Waals surface area (Å²) in [5.41, 5.74) is 0.763. The third-order valence-electron chi connectivity index (χ3n) is 4.54. The maximum Gasteiger partial charge on any atom is 0.325 e. The van der Waals surface area contributed by atoms with Gasteiger partial charge < -0.3 is 9.72 Å². The Bertz CT molecular complexity index is 837. The first kappa shape index (κ1) is 13.2. The lowest BCUT2D eigenvalue weighted by Gasteiger charge is -2.08. The Labute approximate surface area is 125 Å². The molecular weight excluding hydrogens is 284 g/mol. The van der Waals surface area contributed by atoms with Gasteiger partial charge in [0.15, 0.2) is 0 Å². The fourth-order valence-corrected chi connectivity index (χ4v) is 3.17. The zero-order chi connectivity index (χ0) is 15.3. The number of rotatable bonds is 4. The average molecular weight is 300 g/mol. The molecule has 0 bridgehead atoms. The first-order valence-electron chi connectivity index (χ1n) is 7.41. The molecule has 2 heterocycles. The lowest BCUT2D eigenvalue weighted by Crippen LogP contribution is -2.23. The molecule has 0 aromatic carbocycles. The van der Waals surface area contributed by atoms with Gasteiger partial charge in [-0.1, -0.05) is 0 Å². The molecule has 0 saturated heterocycles. The Morgan fingerprint density at radius 2 is 2.09 bits per heavy atom. The summed E-state index contributed by atoms with van der Waals surface area (Å²) in [4.78, 5) is 27.7. The third kappa shape index (κ3) is 2.22. The second-order valence-electron chi connectivity index (χ2n) is 6.02. The van der Waals surface area contributed by atoms with Gasteiger partial charge in [0.25, 0.3) is 5.56 Å². The molecule has 2 fully saturated rings. The van der Waals surface area contributed by atoms with E-state index in [9.17, 15) is 9.59 Å². The highest BCUT2D eigenvalue weighted by molar-refractivity contribution is 5.58. The van der Waals surface area contributed by atoms with Gasteiger partial charge in [0.05, 0.1) is 12.7 Å². The Morgan fingerprint density at radius 3 is 2.77 bits per heavy atom. The van der Waals surface area contributed by atoms with Crippen molar-refractivity contribution in [3.63, 3.8) is 0 Å². The predicted molar refractivity (Wildman–Crippen MR) is 78.8 cm³/mol. The fourth-order valence-electron chi connectivity index (χ4n) is 3.17. The summed E-state index contributed by atoms with van der Waals surface area (Å²) in [6.45, 7) is 0. The Balaban J connectivity index is 1.75. The number of hydrogen-bond donors (Lipinski definition) is 2. The molecule has 2 N–H and O–H groups in total. The summed E-state index contributed by atoms with van der Waals surface area (Å²) in [5, 5.41) is 8.15. The smallest absolute Gasteiger partial charge is 0.325 e. The summed E-state index contributed by atoms with van der Waals surface area (Å²) in [6.07, 6.45) is 5.14. The standard InChI is InChI=1S/C15H16N4O3/c1-22-14-10(9-4-8(9)7-2-3-7)5-12(18-19-14)11-6-16-15(21)17-13(11)20/h5-9H,2-4H2,1H3,(H2,16,17,20,21)/t8-,9+/m1/s1. The van der Waals surface area contributed by atoms with Crippen LogP contribution < -0.4 is 16.0 Å². The molecule has 114 valence electrons. The van der Waals surface area contributed by atoms with Gasteiger partial charge in [-0.25, -0.2) is 4.79 Å². The molecule has 2 aliphatic rings. The number of methoxy groups -OCH3 is 1. The molecule has 7 nitrogen and oxygen atoms in total. The Hall–Kier alpha value is -2.44. The highest BCUT2D eigenvalue weighted by Gasteiger charge is 2.49. The molecule has 4 rings (SSSR count). The van der Waals surface area contributed by atoms with Gasteiger partial charge in [-0.2, -0.15) is 0 Å². The Kier molecular flexibility index (Phi) is 2.88. The summed E-state index contributed by atoms with van der Waals surface area (Å²) < 4.78 is 5.32. The van der Waals surface area contributed by atoms with Crippen LogP contribution in [-0.4, -0.2) is 27.3 Å². The molecular formula is C15H16N4O3. The van der Waals surface area contributed by atoms with Crippen LogP contribution in [0.3, 0.4) is 0 Å². The van der Waals surface area contributed by atoms with E-state index >= 15 is 0 Å². The molecule has 0 amide bonds. The molecule has 0 unspecified atom stereocenters. The second kappa shape index (κ2) is 4.79. The largest absolute Gasteiger partial charge is 0.480 e. The van der Waals surface area contributed by atoms with E-state index in [-0.39, 0.29) is 0 Å². The number of aromatic amines is 2. The van der Waals surface area contributed by atoms with E-state index in [0.717, 1.165) is 17.9 Å². The highest BCUT2D eigenvalue weighted by Crippen LogP contribution is 2.60. The van der Waals surface area contributed by atoms with Gasteiger partial charge in [-0.3, -0.25) is 9.78 Å². The predicted octanol–water partition coefficient (Wildman–Crippen LogP) is 1.04. The van der Waals surface area contributed by atoms with Crippen LogP contribution in [0.5, 0.6) is 5.88 Å². The first-order valence-corrected chi connectivity index (χ1v) is 7.41. The number of hydrogen-bond acceptors (Lipinski definition) is 5. The normalized spacial score (nSPS) is 23.3. The Morgan fingerprint density at radius 1 is 1.27 bits per heavy atom. The van der Waals surface area contributed by atoms with Crippen molar-refractivity contribution < 1.29 is 4.74 Å². The molecule has 0 aliphatic heterocycles. The minimum absolute atomic E-state index is 0.305. The third-order valence-corrected chi connectivity index (χ3v) is 4.54. The van der Waals surface area contributed by atoms with Gasteiger partial charge in [0.1, 0.15) is 5.69 Å².